The maximum Gasteiger partial charge on any atom is 0.294 e. The zero-order valence-electron chi connectivity index (χ0n) is 11.7. The zero-order chi connectivity index (χ0) is 16.0. The molecular weight excluding hydrogens is 300 g/mol. The van der Waals surface area contributed by atoms with Gasteiger partial charge in [0, 0.05) is 11.8 Å². The van der Waals surface area contributed by atoms with Crippen LogP contribution < -0.4 is 11.5 Å². The largest absolute Gasteiger partial charge is 0.405 e. The van der Waals surface area contributed by atoms with Gasteiger partial charge in [0.15, 0.2) is 5.65 Å². The summed E-state index contributed by atoms with van der Waals surface area (Å²) in [6, 6.07) is 1.76. The molecule has 10 heteroatoms. The van der Waals surface area contributed by atoms with Crippen LogP contribution in [0.4, 0.5) is 11.8 Å². The first-order valence-corrected chi connectivity index (χ1v) is 6.60. The van der Waals surface area contributed by atoms with Gasteiger partial charge >= 0.3 is 0 Å². The standard InChI is InChI=1S/C13H10N8O2/c14-10-8-9(20-21(1-2-22)11(8)18-5-17-10)6-3-7-12(16-4-6)23-13(15)19-7/h2-5H,1H2,(H2,15,19)(H2,14,17,18). The van der Waals surface area contributed by atoms with Gasteiger partial charge in [0.05, 0.1) is 11.9 Å². The molecule has 4 heterocycles. The molecular formula is C13H10N8O2. The van der Waals surface area contributed by atoms with E-state index in [9.17, 15) is 4.79 Å². The molecule has 23 heavy (non-hydrogen) atoms. The maximum atomic E-state index is 10.8. The number of aldehydes is 1. The molecule has 0 fully saturated rings. The van der Waals surface area contributed by atoms with Gasteiger partial charge in [-0.15, -0.1) is 0 Å². The van der Waals surface area contributed by atoms with Gasteiger partial charge in [-0.3, -0.25) is 0 Å². The highest BCUT2D eigenvalue weighted by Gasteiger charge is 2.18. The number of oxazole rings is 1. The summed E-state index contributed by atoms with van der Waals surface area (Å²) in [7, 11) is 0. The van der Waals surface area contributed by atoms with E-state index in [0.717, 1.165) is 6.29 Å². The van der Waals surface area contributed by atoms with Crippen LogP contribution in [0.5, 0.6) is 0 Å². The Morgan fingerprint density at radius 2 is 2.13 bits per heavy atom. The lowest BCUT2D eigenvalue weighted by molar-refractivity contribution is -0.108. The van der Waals surface area contributed by atoms with Crippen molar-refractivity contribution in [1.82, 2.24) is 29.7 Å². The van der Waals surface area contributed by atoms with E-state index in [-0.39, 0.29) is 18.4 Å². The summed E-state index contributed by atoms with van der Waals surface area (Å²) in [5.74, 6) is 0.266. The second kappa shape index (κ2) is 4.73. The molecule has 4 aromatic rings. The Balaban J connectivity index is 2.00. The van der Waals surface area contributed by atoms with E-state index >= 15 is 0 Å². The molecule has 0 atom stereocenters. The second-order valence-electron chi connectivity index (χ2n) is 4.76. The third kappa shape index (κ3) is 1.96. The first-order valence-electron chi connectivity index (χ1n) is 6.60. The van der Waals surface area contributed by atoms with Crippen LogP contribution in [0, 0.1) is 0 Å². The SMILES string of the molecule is Nc1nc2cc(-c3nn(CC=O)c4ncnc(N)c34)cnc2o1. The van der Waals surface area contributed by atoms with Gasteiger partial charge in [0.25, 0.3) is 6.01 Å². The van der Waals surface area contributed by atoms with Gasteiger partial charge in [0.2, 0.25) is 5.71 Å². The maximum absolute atomic E-state index is 10.8. The van der Waals surface area contributed by atoms with Gasteiger partial charge in [-0.2, -0.15) is 10.1 Å². The molecule has 114 valence electrons. The minimum atomic E-state index is 0.0313. The molecule has 4 aromatic heterocycles. The number of carbonyl (C=O) groups is 1. The smallest absolute Gasteiger partial charge is 0.294 e. The molecule has 0 bridgehead atoms. The number of pyridine rings is 1. The summed E-state index contributed by atoms with van der Waals surface area (Å²) in [4.78, 5) is 27.2. The Bertz CT molecular complexity index is 1050. The lowest BCUT2D eigenvalue weighted by Crippen LogP contribution is -2.02. The number of nitrogens with two attached hydrogens (primary N) is 2. The zero-order valence-corrected chi connectivity index (χ0v) is 11.7. The minimum Gasteiger partial charge on any atom is -0.405 e. The Labute approximate surface area is 128 Å². The topological polar surface area (TPSA) is 152 Å². The number of rotatable bonds is 3. The normalized spacial score (nSPS) is 11.3. The van der Waals surface area contributed by atoms with Crippen LogP contribution in [0.3, 0.4) is 0 Å². The highest BCUT2D eigenvalue weighted by molar-refractivity contribution is 5.99. The third-order valence-corrected chi connectivity index (χ3v) is 3.34. The monoisotopic (exact) mass is 310 g/mol. The van der Waals surface area contributed by atoms with Gasteiger partial charge < -0.3 is 20.7 Å². The van der Waals surface area contributed by atoms with Crippen molar-refractivity contribution in [2.45, 2.75) is 6.54 Å². The van der Waals surface area contributed by atoms with E-state index in [0.29, 0.717) is 33.5 Å². The Hall–Kier alpha value is -3.56. The lowest BCUT2D eigenvalue weighted by Gasteiger charge is -1.98. The molecule has 10 nitrogen and oxygen atoms in total. The highest BCUT2D eigenvalue weighted by atomic mass is 16.4. The first-order chi connectivity index (χ1) is 11.2. The van der Waals surface area contributed by atoms with Gasteiger partial charge in [-0.25, -0.2) is 19.6 Å². The fraction of sp³-hybridized carbons (Fsp3) is 0.0769. The highest BCUT2D eigenvalue weighted by Crippen LogP contribution is 2.31. The number of fused-ring (bicyclic) bond motifs is 2. The summed E-state index contributed by atoms with van der Waals surface area (Å²) in [5, 5.41) is 4.95. The predicted molar refractivity (Wildman–Crippen MR) is 81.0 cm³/mol. The van der Waals surface area contributed by atoms with E-state index in [1.54, 1.807) is 12.3 Å². The predicted octanol–water partition coefficient (Wildman–Crippen LogP) is 0.393. The number of hydrogen-bond acceptors (Lipinski definition) is 9. The summed E-state index contributed by atoms with van der Waals surface area (Å²) in [6.45, 7) is 0.0551. The van der Waals surface area contributed by atoms with Crippen molar-refractivity contribution < 1.29 is 9.21 Å². The Morgan fingerprint density at radius 3 is 2.96 bits per heavy atom. The van der Waals surface area contributed by atoms with Crippen molar-refractivity contribution >= 4 is 40.4 Å². The minimum absolute atomic E-state index is 0.0313. The molecule has 0 aliphatic heterocycles. The lowest BCUT2D eigenvalue weighted by atomic mass is 10.1. The number of hydrogen-bond donors (Lipinski definition) is 2. The number of nitrogen functional groups attached to an aromatic ring is 2. The molecule has 0 radical (unpaired) electrons. The van der Waals surface area contributed by atoms with E-state index in [1.807, 2.05) is 0 Å². The number of nitrogens with zero attached hydrogens (tertiary/aromatic N) is 6. The van der Waals surface area contributed by atoms with Gasteiger partial charge in [-0.1, -0.05) is 0 Å². The van der Waals surface area contributed by atoms with Crippen LogP contribution in [0.1, 0.15) is 0 Å². The van der Waals surface area contributed by atoms with Crippen molar-refractivity contribution in [1.29, 1.82) is 0 Å². The van der Waals surface area contributed by atoms with Crippen molar-refractivity contribution in [3.05, 3.63) is 18.6 Å². The third-order valence-electron chi connectivity index (χ3n) is 3.34. The number of anilines is 2. The molecule has 0 aromatic carbocycles. The van der Waals surface area contributed by atoms with Crippen LogP contribution in [-0.2, 0) is 11.3 Å². The van der Waals surface area contributed by atoms with Gasteiger partial charge in [-0.05, 0) is 6.07 Å². The van der Waals surface area contributed by atoms with E-state index in [4.69, 9.17) is 15.9 Å². The van der Waals surface area contributed by atoms with Crippen LogP contribution in [0.15, 0.2) is 23.0 Å². The second-order valence-corrected chi connectivity index (χ2v) is 4.76. The summed E-state index contributed by atoms with van der Waals surface area (Å²) in [5.41, 5.74) is 13.9. The molecule has 0 aliphatic rings. The van der Waals surface area contributed by atoms with Crippen LogP contribution in [0.25, 0.3) is 33.5 Å². The molecule has 4 rings (SSSR count). The molecule has 4 N–H and O–H groups in total. The van der Waals surface area contributed by atoms with Crippen LogP contribution in [-0.4, -0.2) is 36.0 Å². The first kappa shape index (κ1) is 13.1. The van der Waals surface area contributed by atoms with E-state index in [1.165, 1.54) is 11.0 Å². The molecule has 0 aliphatic carbocycles. The van der Waals surface area contributed by atoms with E-state index in [2.05, 4.69) is 25.0 Å². The Morgan fingerprint density at radius 1 is 1.26 bits per heavy atom. The van der Waals surface area contributed by atoms with Crippen molar-refractivity contribution in [2.24, 2.45) is 0 Å². The number of aromatic nitrogens is 6. The quantitative estimate of drug-likeness (QED) is 0.512. The summed E-state index contributed by atoms with van der Waals surface area (Å²) in [6.07, 6.45) is 3.62. The van der Waals surface area contributed by atoms with E-state index < -0.39 is 0 Å². The Kier molecular flexibility index (Phi) is 2.70. The fourth-order valence-electron chi connectivity index (χ4n) is 2.40. The molecule has 0 unspecified atom stereocenters. The van der Waals surface area contributed by atoms with Crippen LogP contribution >= 0.6 is 0 Å². The van der Waals surface area contributed by atoms with Gasteiger partial charge in [0.1, 0.15) is 29.6 Å². The van der Waals surface area contributed by atoms with Crippen molar-refractivity contribution in [3.63, 3.8) is 0 Å². The van der Waals surface area contributed by atoms with Crippen molar-refractivity contribution in [2.75, 3.05) is 11.5 Å². The average Bonchev–Trinajstić information content (AvgIpc) is 3.08. The van der Waals surface area contributed by atoms with Crippen LogP contribution in [0.2, 0.25) is 0 Å². The summed E-state index contributed by atoms with van der Waals surface area (Å²) >= 11 is 0. The summed E-state index contributed by atoms with van der Waals surface area (Å²) < 4.78 is 6.60. The molecule has 0 saturated carbocycles. The number of carbonyl (C=O) groups excluding carboxylic acids is 1. The molecule has 0 spiro atoms. The molecule has 0 amide bonds. The van der Waals surface area contributed by atoms with Crippen molar-refractivity contribution in [3.8, 4) is 11.3 Å². The average molecular weight is 310 g/mol. The fourth-order valence-corrected chi connectivity index (χ4v) is 2.40. The molecule has 0 saturated heterocycles.